The van der Waals surface area contributed by atoms with E-state index in [2.05, 4.69) is 67.0 Å². The highest BCUT2D eigenvalue weighted by atomic mass is 16.5. The molecule has 0 radical (unpaired) electrons. The number of nitrogens with zero attached hydrogens (tertiary/aromatic N) is 2. The Bertz CT molecular complexity index is 1270. The molecule has 1 saturated heterocycles. The average molecular weight is 583 g/mol. The number of methoxy groups -OCH3 is 1. The fraction of sp³-hybridized carbons (Fsp3) is 0.474. The zero-order chi connectivity index (χ0) is 30.6. The van der Waals surface area contributed by atoms with Gasteiger partial charge in [-0.15, -0.1) is 0 Å². The summed E-state index contributed by atoms with van der Waals surface area (Å²) in [5.74, 6) is 0.605. The van der Waals surface area contributed by atoms with E-state index >= 15 is 0 Å². The van der Waals surface area contributed by atoms with Crippen molar-refractivity contribution in [3.63, 3.8) is 0 Å². The molecular formula is C38H50N2O3. The lowest BCUT2D eigenvalue weighted by molar-refractivity contribution is -0.139. The van der Waals surface area contributed by atoms with E-state index in [-0.39, 0.29) is 24.3 Å². The van der Waals surface area contributed by atoms with Crippen LogP contribution in [0, 0.1) is 5.92 Å². The molecule has 0 aliphatic carbocycles. The third-order valence-electron chi connectivity index (χ3n) is 8.72. The van der Waals surface area contributed by atoms with Crippen LogP contribution in [0.3, 0.4) is 0 Å². The molecule has 0 N–H and O–H groups in total. The molecule has 1 fully saturated rings. The lowest BCUT2D eigenvalue weighted by atomic mass is 9.98. The number of esters is 1. The molecule has 1 aliphatic rings. The first-order chi connectivity index (χ1) is 20.9. The predicted octanol–water partition coefficient (Wildman–Crippen LogP) is 7.95. The molecule has 0 bridgehead atoms. The van der Waals surface area contributed by atoms with Crippen molar-refractivity contribution < 1.29 is 14.3 Å². The van der Waals surface area contributed by atoms with Gasteiger partial charge in [-0.25, -0.2) is 0 Å². The second-order valence-electron chi connectivity index (χ2n) is 12.5. The van der Waals surface area contributed by atoms with E-state index in [0.29, 0.717) is 12.5 Å². The van der Waals surface area contributed by atoms with Crippen LogP contribution >= 0.6 is 0 Å². The van der Waals surface area contributed by atoms with Gasteiger partial charge in [0.2, 0.25) is 0 Å². The van der Waals surface area contributed by atoms with Gasteiger partial charge in [0.25, 0.3) is 5.91 Å². The molecule has 43 heavy (non-hydrogen) atoms. The van der Waals surface area contributed by atoms with Crippen LogP contribution in [0.1, 0.15) is 86.3 Å². The smallest absolute Gasteiger partial charge is 0.309 e. The maximum absolute atomic E-state index is 14.0. The zero-order valence-corrected chi connectivity index (χ0v) is 26.7. The lowest BCUT2D eigenvalue weighted by Crippen LogP contribution is -2.47. The van der Waals surface area contributed by atoms with Crippen LogP contribution in [0.2, 0.25) is 0 Å². The highest BCUT2D eigenvalue weighted by Gasteiger charge is 2.29. The maximum Gasteiger partial charge on any atom is 0.309 e. The van der Waals surface area contributed by atoms with Crippen molar-refractivity contribution in [1.29, 1.82) is 0 Å². The number of piperidine rings is 1. The maximum atomic E-state index is 14.0. The molecule has 5 heteroatoms. The summed E-state index contributed by atoms with van der Waals surface area (Å²) in [5.41, 5.74) is 6.38. The largest absolute Gasteiger partial charge is 0.469 e. The van der Waals surface area contributed by atoms with Gasteiger partial charge >= 0.3 is 5.97 Å². The number of benzene rings is 3. The third-order valence-corrected chi connectivity index (χ3v) is 8.72. The highest BCUT2D eigenvalue weighted by molar-refractivity contribution is 5.94. The number of unbranched alkanes of at least 4 members (excludes halogenated alkanes) is 2. The molecule has 3 aromatic carbocycles. The minimum absolute atomic E-state index is 0.131. The minimum Gasteiger partial charge on any atom is -0.469 e. The first kappa shape index (κ1) is 32.5. The Morgan fingerprint density at radius 2 is 1.42 bits per heavy atom. The first-order valence-electron chi connectivity index (χ1n) is 16.2. The number of amides is 1. The van der Waals surface area contributed by atoms with Gasteiger partial charge in [-0.2, -0.15) is 0 Å². The van der Waals surface area contributed by atoms with E-state index in [1.54, 1.807) is 0 Å². The van der Waals surface area contributed by atoms with Gasteiger partial charge in [0.15, 0.2) is 0 Å². The van der Waals surface area contributed by atoms with Crippen LogP contribution in [-0.2, 0) is 28.9 Å². The summed E-state index contributed by atoms with van der Waals surface area (Å²) < 4.78 is 4.78. The van der Waals surface area contributed by atoms with E-state index in [1.165, 1.54) is 38.4 Å². The Balaban J connectivity index is 1.47. The van der Waals surface area contributed by atoms with Crippen LogP contribution < -0.4 is 0 Å². The second kappa shape index (κ2) is 16.4. The van der Waals surface area contributed by atoms with Gasteiger partial charge in [-0.3, -0.25) is 9.59 Å². The van der Waals surface area contributed by atoms with E-state index in [0.717, 1.165) is 66.7 Å². The Hall–Kier alpha value is -3.44. The molecule has 0 saturated carbocycles. The van der Waals surface area contributed by atoms with Crippen molar-refractivity contribution in [1.82, 2.24) is 9.80 Å². The number of ether oxygens (including phenoxy) is 1. The van der Waals surface area contributed by atoms with Crippen LogP contribution in [0.5, 0.6) is 0 Å². The molecule has 1 amide bonds. The number of likely N-dealkylation sites (tertiary alicyclic amines) is 1. The Labute approximate surface area is 259 Å². The molecule has 0 aromatic heterocycles. The summed E-state index contributed by atoms with van der Waals surface area (Å²) in [6.07, 6.45) is 8.23. The minimum atomic E-state index is -0.236. The zero-order valence-electron chi connectivity index (χ0n) is 26.7. The molecule has 230 valence electrons. The molecule has 0 atom stereocenters. The molecule has 1 aliphatic heterocycles. The van der Waals surface area contributed by atoms with Gasteiger partial charge in [0, 0.05) is 31.2 Å². The summed E-state index contributed by atoms with van der Waals surface area (Å²) in [5, 5.41) is 0. The van der Waals surface area contributed by atoms with Crippen LogP contribution in [0.25, 0.3) is 11.1 Å². The number of carbonyl (C=O) groups is 2. The molecule has 1 heterocycles. The van der Waals surface area contributed by atoms with Crippen molar-refractivity contribution in [3.05, 3.63) is 95.1 Å². The van der Waals surface area contributed by atoms with Gasteiger partial charge in [0.05, 0.1) is 13.5 Å². The number of carbonyl (C=O) groups excluding carboxylic acids is 2. The Morgan fingerprint density at radius 1 is 0.837 bits per heavy atom. The summed E-state index contributed by atoms with van der Waals surface area (Å²) in [6, 6.07) is 25.2. The van der Waals surface area contributed by atoms with E-state index < -0.39 is 0 Å². The third kappa shape index (κ3) is 9.79. The second-order valence-corrected chi connectivity index (χ2v) is 12.5. The van der Waals surface area contributed by atoms with Crippen molar-refractivity contribution in [2.75, 3.05) is 26.7 Å². The quantitative estimate of drug-likeness (QED) is 0.143. The van der Waals surface area contributed by atoms with Crippen molar-refractivity contribution in [2.24, 2.45) is 5.92 Å². The van der Waals surface area contributed by atoms with Gasteiger partial charge in [-0.05, 0) is 84.5 Å². The van der Waals surface area contributed by atoms with Crippen molar-refractivity contribution in [3.8, 4) is 11.1 Å². The molecule has 4 rings (SSSR count). The van der Waals surface area contributed by atoms with E-state index in [4.69, 9.17) is 4.74 Å². The fourth-order valence-corrected chi connectivity index (χ4v) is 5.87. The lowest BCUT2D eigenvalue weighted by Gasteiger charge is -2.39. The number of hydrogen-bond donors (Lipinski definition) is 0. The van der Waals surface area contributed by atoms with E-state index in [9.17, 15) is 9.59 Å². The average Bonchev–Trinajstić information content (AvgIpc) is 3.04. The molecule has 5 nitrogen and oxygen atoms in total. The van der Waals surface area contributed by atoms with Gasteiger partial charge < -0.3 is 14.5 Å². The standard InChI is InChI=1S/C38H50N2O3/c1-5-6-7-8-30-9-19-35(20-10-30)38(42)40(36-22-25-39(26-23-36)24-21-29(2)3)28-32-13-17-34(18-14-32)33-15-11-31(12-16-33)27-37(41)43-4/h9-20,29,36H,5-8,21-28H2,1-4H3. The van der Waals surface area contributed by atoms with Crippen LogP contribution in [-0.4, -0.2) is 54.5 Å². The molecule has 0 unspecified atom stereocenters. The van der Waals surface area contributed by atoms with Crippen LogP contribution in [0.15, 0.2) is 72.8 Å². The Morgan fingerprint density at radius 3 is 1.98 bits per heavy atom. The number of hydrogen-bond acceptors (Lipinski definition) is 4. The molecule has 3 aromatic rings. The summed E-state index contributed by atoms with van der Waals surface area (Å²) >= 11 is 0. The fourth-order valence-electron chi connectivity index (χ4n) is 5.87. The van der Waals surface area contributed by atoms with Crippen LogP contribution in [0.4, 0.5) is 0 Å². The van der Waals surface area contributed by atoms with Gasteiger partial charge in [-0.1, -0.05) is 94.3 Å². The molecular weight excluding hydrogens is 532 g/mol. The highest BCUT2D eigenvalue weighted by Crippen LogP contribution is 2.25. The van der Waals surface area contributed by atoms with Gasteiger partial charge in [0.1, 0.15) is 0 Å². The topological polar surface area (TPSA) is 49.9 Å². The summed E-state index contributed by atoms with van der Waals surface area (Å²) in [6.45, 7) is 10.6. The van der Waals surface area contributed by atoms with E-state index in [1.807, 2.05) is 36.4 Å². The first-order valence-corrected chi connectivity index (χ1v) is 16.2. The summed E-state index contributed by atoms with van der Waals surface area (Å²) in [7, 11) is 1.41. The predicted molar refractivity (Wildman–Crippen MR) is 176 cm³/mol. The summed E-state index contributed by atoms with van der Waals surface area (Å²) in [4.78, 5) is 30.3. The monoisotopic (exact) mass is 582 g/mol. The normalized spacial score (nSPS) is 14.2. The SMILES string of the molecule is CCCCCc1ccc(C(=O)N(Cc2ccc(-c3ccc(CC(=O)OC)cc3)cc2)C2CCN(CCC(C)C)CC2)cc1. The Kier molecular flexibility index (Phi) is 12.4. The number of rotatable bonds is 14. The van der Waals surface area contributed by atoms with Crippen molar-refractivity contribution >= 4 is 11.9 Å². The number of aryl methyl sites for hydroxylation is 1. The molecule has 0 spiro atoms. The van der Waals surface area contributed by atoms with Crippen molar-refractivity contribution in [2.45, 2.75) is 84.7 Å².